The van der Waals surface area contributed by atoms with Crippen LogP contribution in [-0.4, -0.2) is 23.2 Å². The zero-order valence-electron chi connectivity index (χ0n) is 5.71. The first-order valence-corrected chi connectivity index (χ1v) is 3.76. The molecule has 10 heavy (non-hydrogen) atoms. The molecule has 3 heteroatoms. The normalized spacial score (nSPS) is 45.3. The van der Waals surface area contributed by atoms with Crippen LogP contribution in [0, 0.1) is 5.92 Å². The maximum absolute atomic E-state index is 11.0. The SMILES string of the molecule is O=C1N[C@H]2CC[C@H]1C[C@H]2O. The number of amides is 1. The molecule has 2 heterocycles. The van der Waals surface area contributed by atoms with Gasteiger partial charge in [-0.2, -0.15) is 0 Å². The summed E-state index contributed by atoms with van der Waals surface area (Å²) < 4.78 is 0. The van der Waals surface area contributed by atoms with Crippen molar-refractivity contribution < 1.29 is 9.90 Å². The van der Waals surface area contributed by atoms with Gasteiger partial charge >= 0.3 is 0 Å². The molecule has 0 radical (unpaired) electrons. The monoisotopic (exact) mass is 141 g/mol. The van der Waals surface area contributed by atoms with Crippen molar-refractivity contribution in [3.05, 3.63) is 0 Å². The summed E-state index contributed by atoms with van der Waals surface area (Å²) in [5.74, 6) is 0.238. The van der Waals surface area contributed by atoms with Crippen LogP contribution in [0.3, 0.4) is 0 Å². The minimum atomic E-state index is -0.281. The van der Waals surface area contributed by atoms with Gasteiger partial charge in [0.25, 0.3) is 0 Å². The third-order valence-corrected chi connectivity index (χ3v) is 2.52. The standard InChI is InChI=1S/C7H11NO2/c9-6-3-4-1-2-5(6)8-7(4)10/h4-6,9H,1-3H2,(H,8,10)/t4-,5-,6+/m0/s1. The Labute approximate surface area is 59.4 Å². The van der Waals surface area contributed by atoms with Crippen molar-refractivity contribution in [2.24, 2.45) is 5.92 Å². The van der Waals surface area contributed by atoms with Gasteiger partial charge in [-0.1, -0.05) is 0 Å². The highest BCUT2D eigenvalue weighted by atomic mass is 16.3. The molecule has 56 valence electrons. The van der Waals surface area contributed by atoms with E-state index in [9.17, 15) is 9.90 Å². The number of hydrogen-bond acceptors (Lipinski definition) is 2. The average molecular weight is 141 g/mol. The van der Waals surface area contributed by atoms with Crippen molar-refractivity contribution in [3.8, 4) is 0 Å². The van der Waals surface area contributed by atoms with Crippen molar-refractivity contribution >= 4 is 5.91 Å². The maximum atomic E-state index is 11.0. The van der Waals surface area contributed by atoms with E-state index in [4.69, 9.17) is 0 Å². The zero-order chi connectivity index (χ0) is 7.14. The van der Waals surface area contributed by atoms with E-state index in [1.807, 2.05) is 0 Å². The minimum absolute atomic E-state index is 0.0532. The lowest BCUT2D eigenvalue weighted by atomic mass is 9.79. The molecule has 3 nitrogen and oxygen atoms in total. The molecule has 1 amide bonds. The smallest absolute Gasteiger partial charge is 0.223 e. The van der Waals surface area contributed by atoms with E-state index in [-0.39, 0.29) is 24.0 Å². The van der Waals surface area contributed by atoms with Crippen LogP contribution in [0.2, 0.25) is 0 Å². The molecule has 2 N–H and O–H groups in total. The lowest BCUT2D eigenvalue weighted by Crippen LogP contribution is -2.56. The van der Waals surface area contributed by atoms with Crippen LogP contribution in [-0.2, 0) is 4.79 Å². The van der Waals surface area contributed by atoms with Crippen LogP contribution in [0.1, 0.15) is 19.3 Å². The van der Waals surface area contributed by atoms with E-state index >= 15 is 0 Å². The van der Waals surface area contributed by atoms with E-state index in [0.29, 0.717) is 6.42 Å². The van der Waals surface area contributed by atoms with Crippen LogP contribution in [0.4, 0.5) is 0 Å². The zero-order valence-corrected chi connectivity index (χ0v) is 5.71. The molecule has 2 saturated heterocycles. The third kappa shape index (κ3) is 0.736. The van der Waals surface area contributed by atoms with Crippen LogP contribution < -0.4 is 5.32 Å². The number of nitrogens with one attached hydrogen (secondary N) is 1. The van der Waals surface area contributed by atoms with Gasteiger partial charge in [-0.25, -0.2) is 0 Å². The Morgan fingerprint density at radius 1 is 1.50 bits per heavy atom. The third-order valence-electron chi connectivity index (χ3n) is 2.52. The van der Waals surface area contributed by atoms with Gasteiger partial charge in [0.15, 0.2) is 0 Å². The number of hydrogen-bond donors (Lipinski definition) is 2. The van der Waals surface area contributed by atoms with Crippen LogP contribution >= 0.6 is 0 Å². The van der Waals surface area contributed by atoms with E-state index < -0.39 is 0 Å². The van der Waals surface area contributed by atoms with E-state index in [1.165, 1.54) is 0 Å². The van der Waals surface area contributed by atoms with Gasteiger partial charge in [0, 0.05) is 5.92 Å². The molecule has 3 rings (SSSR count). The molecular formula is C7H11NO2. The quantitative estimate of drug-likeness (QED) is 0.484. The Balaban J connectivity index is 2.16. The summed E-state index contributed by atoms with van der Waals surface area (Å²) in [5, 5.41) is 12.1. The first-order valence-electron chi connectivity index (χ1n) is 3.76. The number of rotatable bonds is 0. The fourth-order valence-corrected chi connectivity index (χ4v) is 1.85. The van der Waals surface area contributed by atoms with E-state index in [1.54, 1.807) is 0 Å². The summed E-state index contributed by atoms with van der Waals surface area (Å²) in [6, 6.07) is 0.0532. The summed E-state index contributed by atoms with van der Waals surface area (Å²) in [7, 11) is 0. The molecule has 1 saturated carbocycles. The van der Waals surface area contributed by atoms with E-state index in [0.717, 1.165) is 12.8 Å². The predicted octanol–water partition coefficient (Wildman–Crippen LogP) is -0.354. The molecule has 0 aromatic carbocycles. The molecule has 0 aromatic heterocycles. The lowest BCUT2D eigenvalue weighted by Gasteiger charge is -2.39. The van der Waals surface area contributed by atoms with Gasteiger partial charge in [0.2, 0.25) is 5.91 Å². The van der Waals surface area contributed by atoms with Gasteiger partial charge in [-0.05, 0) is 19.3 Å². The summed E-state index contributed by atoms with van der Waals surface area (Å²) >= 11 is 0. The van der Waals surface area contributed by atoms with Gasteiger partial charge < -0.3 is 10.4 Å². The Hall–Kier alpha value is -0.570. The summed E-state index contributed by atoms with van der Waals surface area (Å²) in [4.78, 5) is 11.0. The number of carbonyl (C=O) groups excluding carboxylic acids is 1. The fraction of sp³-hybridized carbons (Fsp3) is 0.857. The Bertz CT molecular complexity index is 169. The van der Waals surface area contributed by atoms with Gasteiger partial charge in [0.1, 0.15) is 0 Å². The minimum Gasteiger partial charge on any atom is -0.391 e. The number of aliphatic hydroxyl groups excluding tert-OH is 1. The van der Waals surface area contributed by atoms with Crippen molar-refractivity contribution in [2.45, 2.75) is 31.4 Å². The molecular weight excluding hydrogens is 130 g/mol. The second kappa shape index (κ2) is 1.95. The second-order valence-corrected chi connectivity index (χ2v) is 3.19. The molecule has 1 aliphatic carbocycles. The summed E-state index contributed by atoms with van der Waals surface area (Å²) in [6.45, 7) is 0. The van der Waals surface area contributed by atoms with Crippen molar-refractivity contribution in [3.63, 3.8) is 0 Å². The molecule has 3 aliphatic rings. The molecule has 0 unspecified atom stereocenters. The van der Waals surface area contributed by atoms with Crippen molar-refractivity contribution in [2.75, 3.05) is 0 Å². The number of piperidine rings is 2. The number of carbonyl (C=O) groups is 1. The lowest BCUT2D eigenvalue weighted by molar-refractivity contribution is -0.135. The number of fused-ring (bicyclic) bond motifs is 3. The largest absolute Gasteiger partial charge is 0.391 e. The molecule has 3 fully saturated rings. The first kappa shape index (κ1) is 6.16. The molecule has 0 aromatic rings. The Kier molecular flexibility index (Phi) is 1.20. The highest BCUT2D eigenvalue weighted by molar-refractivity contribution is 5.80. The molecule has 2 aliphatic heterocycles. The Morgan fingerprint density at radius 2 is 2.30 bits per heavy atom. The molecule has 2 bridgehead atoms. The second-order valence-electron chi connectivity index (χ2n) is 3.19. The highest BCUT2D eigenvalue weighted by Crippen LogP contribution is 2.29. The Morgan fingerprint density at radius 3 is 2.60 bits per heavy atom. The van der Waals surface area contributed by atoms with E-state index in [2.05, 4.69) is 5.32 Å². The van der Waals surface area contributed by atoms with Crippen LogP contribution in [0.5, 0.6) is 0 Å². The van der Waals surface area contributed by atoms with Gasteiger partial charge in [-0.3, -0.25) is 4.79 Å². The maximum Gasteiger partial charge on any atom is 0.223 e. The summed E-state index contributed by atoms with van der Waals surface area (Å²) in [6.07, 6.45) is 2.32. The fourth-order valence-electron chi connectivity index (χ4n) is 1.85. The molecule has 0 spiro atoms. The molecule has 3 atom stereocenters. The average Bonchev–Trinajstić information content (AvgIpc) is 1.91. The first-order chi connectivity index (χ1) is 4.77. The van der Waals surface area contributed by atoms with Crippen molar-refractivity contribution in [1.82, 2.24) is 5.32 Å². The van der Waals surface area contributed by atoms with Gasteiger partial charge in [-0.15, -0.1) is 0 Å². The van der Waals surface area contributed by atoms with Crippen LogP contribution in [0.15, 0.2) is 0 Å². The topological polar surface area (TPSA) is 49.3 Å². The van der Waals surface area contributed by atoms with Crippen molar-refractivity contribution in [1.29, 1.82) is 0 Å². The predicted molar refractivity (Wildman–Crippen MR) is 35.3 cm³/mol. The van der Waals surface area contributed by atoms with Crippen LogP contribution in [0.25, 0.3) is 0 Å². The summed E-state index contributed by atoms with van der Waals surface area (Å²) in [5.41, 5.74) is 0. The van der Waals surface area contributed by atoms with Gasteiger partial charge in [0.05, 0.1) is 12.1 Å². The number of aliphatic hydroxyl groups is 1. The highest BCUT2D eigenvalue weighted by Gasteiger charge is 2.39.